The fraction of sp³-hybridized carbons (Fsp3) is 0.333. The number of thioether (sulfide) groups is 1. The van der Waals surface area contributed by atoms with Crippen LogP contribution >= 0.6 is 11.8 Å². The molecular formula is C12H12FN3OS. The Kier molecular flexibility index (Phi) is 2.95. The van der Waals surface area contributed by atoms with Crippen molar-refractivity contribution in [2.75, 3.05) is 11.5 Å². The summed E-state index contributed by atoms with van der Waals surface area (Å²) < 4.78 is 18.8. The van der Waals surface area contributed by atoms with E-state index in [2.05, 4.69) is 10.1 Å². The number of hydrogen-bond donors (Lipinski definition) is 1. The van der Waals surface area contributed by atoms with Crippen LogP contribution in [-0.4, -0.2) is 15.9 Å². The summed E-state index contributed by atoms with van der Waals surface area (Å²) in [5, 5.41) is 4.21. The van der Waals surface area contributed by atoms with Crippen LogP contribution in [0.5, 0.6) is 0 Å². The van der Waals surface area contributed by atoms with Gasteiger partial charge in [0, 0.05) is 5.69 Å². The second-order valence-corrected chi connectivity index (χ2v) is 5.51. The van der Waals surface area contributed by atoms with E-state index >= 15 is 0 Å². The largest absolute Gasteiger partial charge is 0.399 e. The molecule has 1 fully saturated rings. The van der Waals surface area contributed by atoms with Gasteiger partial charge in [0.2, 0.25) is 0 Å². The monoisotopic (exact) mass is 265 g/mol. The molecule has 0 spiro atoms. The summed E-state index contributed by atoms with van der Waals surface area (Å²) in [4.78, 5) is 4.27. The summed E-state index contributed by atoms with van der Waals surface area (Å²) in [6.07, 6.45) is 2.21. The maximum Gasteiger partial charge on any atom is 0.260 e. The molecule has 6 heteroatoms. The molecule has 2 heterocycles. The molecule has 0 saturated carbocycles. The second kappa shape index (κ2) is 4.61. The zero-order valence-corrected chi connectivity index (χ0v) is 10.4. The number of nitrogen functional groups attached to an aromatic ring is 1. The predicted molar refractivity (Wildman–Crippen MR) is 68.5 cm³/mol. The molecule has 18 heavy (non-hydrogen) atoms. The lowest BCUT2D eigenvalue weighted by molar-refractivity contribution is 0.419. The van der Waals surface area contributed by atoms with Gasteiger partial charge in [0.1, 0.15) is 5.82 Å². The first-order chi connectivity index (χ1) is 8.74. The van der Waals surface area contributed by atoms with Gasteiger partial charge in [-0.2, -0.15) is 16.7 Å². The molecule has 94 valence electrons. The number of anilines is 1. The SMILES string of the molecule is Nc1ccc(-c2nc(C3CCCS3)no2)c(F)c1. The first kappa shape index (κ1) is 11.5. The third-order valence-corrected chi connectivity index (χ3v) is 4.26. The van der Waals surface area contributed by atoms with Crippen LogP contribution < -0.4 is 5.73 Å². The normalized spacial score (nSPS) is 19.3. The molecule has 0 amide bonds. The Bertz CT molecular complexity index is 566. The highest BCUT2D eigenvalue weighted by atomic mass is 32.2. The van der Waals surface area contributed by atoms with Crippen molar-refractivity contribution >= 4 is 17.4 Å². The number of halogens is 1. The third kappa shape index (κ3) is 2.08. The summed E-state index contributed by atoms with van der Waals surface area (Å²) in [6, 6.07) is 4.43. The van der Waals surface area contributed by atoms with Gasteiger partial charge in [0.25, 0.3) is 5.89 Å². The minimum atomic E-state index is -0.440. The van der Waals surface area contributed by atoms with Crippen LogP contribution in [0.25, 0.3) is 11.5 Å². The molecule has 4 nitrogen and oxygen atoms in total. The molecule has 1 atom stereocenters. The van der Waals surface area contributed by atoms with E-state index in [1.807, 2.05) is 11.8 Å². The highest BCUT2D eigenvalue weighted by Gasteiger charge is 2.24. The van der Waals surface area contributed by atoms with Crippen molar-refractivity contribution in [1.82, 2.24) is 10.1 Å². The van der Waals surface area contributed by atoms with E-state index in [1.54, 1.807) is 12.1 Å². The van der Waals surface area contributed by atoms with Crippen molar-refractivity contribution in [2.45, 2.75) is 18.1 Å². The van der Waals surface area contributed by atoms with Crippen LogP contribution in [0, 0.1) is 5.82 Å². The van der Waals surface area contributed by atoms with Crippen molar-refractivity contribution in [3.05, 3.63) is 29.8 Å². The number of rotatable bonds is 2. The van der Waals surface area contributed by atoms with E-state index in [0.717, 1.165) is 18.6 Å². The van der Waals surface area contributed by atoms with Gasteiger partial charge in [-0.3, -0.25) is 0 Å². The molecule has 3 rings (SSSR count). The summed E-state index contributed by atoms with van der Waals surface area (Å²) in [5.41, 5.74) is 6.17. The van der Waals surface area contributed by atoms with Gasteiger partial charge < -0.3 is 10.3 Å². The average Bonchev–Trinajstić information content (AvgIpc) is 2.99. The fourth-order valence-electron chi connectivity index (χ4n) is 1.96. The Morgan fingerprint density at radius 3 is 3.06 bits per heavy atom. The molecule has 1 aromatic carbocycles. The zero-order chi connectivity index (χ0) is 12.5. The van der Waals surface area contributed by atoms with Gasteiger partial charge in [-0.25, -0.2) is 4.39 Å². The molecule has 1 aromatic heterocycles. The van der Waals surface area contributed by atoms with Gasteiger partial charge in [0.05, 0.1) is 10.8 Å². The standard InChI is InChI=1S/C12H12FN3OS/c13-9-6-7(14)3-4-8(9)12-15-11(16-17-12)10-2-1-5-18-10/h3-4,6,10H,1-2,5,14H2. The second-order valence-electron chi connectivity index (χ2n) is 4.20. The smallest absolute Gasteiger partial charge is 0.260 e. The molecule has 0 aliphatic carbocycles. The van der Waals surface area contributed by atoms with E-state index in [1.165, 1.54) is 6.07 Å². The third-order valence-electron chi connectivity index (χ3n) is 2.88. The van der Waals surface area contributed by atoms with Crippen molar-refractivity contribution in [2.24, 2.45) is 0 Å². The fourth-order valence-corrected chi connectivity index (χ4v) is 3.16. The van der Waals surface area contributed by atoms with Crippen molar-refractivity contribution in [3.63, 3.8) is 0 Å². The Labute approximate surface area is 108 Å². The van der Waals surface area contributed by atoms with E-state index in [4.69, 9.17) is 10.3 Å². The molecule has 2 aromatic rings. The topological polar surface area (TPSA) is 64.9 Å². The summed E-state index contributed by atoms with van der Waals surface area (Å²) in [6.45, 7) is 0. The number of aromatic nitrogens is 2. The highest BCUT2D eigenvalue weighted by Crippen LogP contribution is 2.39. The Balaban J connectivity index is 1.92. The highest BCUT2D eigenvalue weighted by molar-refractivity contribution is 7.99. The molecule has 1 aliphatic heterocycles. The van der Waals surface area contributed by atoms with Gasteiger partial charge >= 0.3 is 0 Å². The van der Waals surface area contributed by atoms with E-state index in [0.29, 0.717) is 17.1 Å². The van der Waals surface area contributed by atoms with Gasteiger partial charge in [0.15, 0.2) is 5.82 Å². The Morgan fingerprint density at radius 2 is 2.33 bits per heavy atom. The van der Waals surface area contributed by atoms with Crippen LogP contribution in [0.2, 0.25) is 0 Å². The lowest BCUT2D eigenvalue weighted by atomic mass is 10.2. The molecule has 1 saturated heterocycles. The van der Waals surface area contributed by atoms with Crippen molar-refractivity contribution in [1.29, 1.82) is 0 Å². The lowest BCUT2D eigenvalue weighted by Gasteiger charge is -2.00. The predicted octanol–water partition coefficient (Wildman–Crippen LogP) is 3.03. The van der Waals surface area contributed by atoms with Crippen LogP contribution in [0.3, 0.4) is 0 Å². The first-order valence-corrected chi connectivity index (χ1v) is 6.79. The molecule has 0 bridgehead atoms. The van der Waals surface area contributed by atoms with E-state index in [9.17, 15) is 4.39 Å². The minimum Gasteiger partial charge on any atom is -0.399 e. The zero-order valence-electron chi connectivity index (χ0n) is 9.60. The van der Waals surface area contributed by atoms with Crippen LogP contribution in [0.15, 0.2) is 22.7 Å². The van der Waals surface area contributed by atoms with Gasteiger partial charge in [-0.15, -0.1) is 0 Å². The quantitative estimate of drug-likeness (QED) is 0.845. The van der Waals surface area contributed by atoms with Crippen LogP contribution in [-0.2, 0) is 0 Å². The molecule has 1 unspecified atom stereocenters. The van der Waals surface area contributed by atoms with E-state index in [-0.39, 0.29) is 11.1 Å². The van der Waals surface area contributed by atoms with Crippen molar-refractivity contribution < 1.29 is 8.91 Å². The Morgan fingerprint density at radius 1 is 1.44 bits per heavy atom. The summed E-state index contributed by atoms with van der Waals surface area (Å²) >= 11 is 1.81. The minimum absolute atomic E-state index is 0.218. The average molecular weight is 265 g/mol. The summed E-state index contributed by atoms with van der Waals surface area (Å²) in [7, 11) is 0. The molecule has 2 N–H and O–H groups in total. The van der Waals surface area contributed by atoms with Gasteiger partial charge in [-0.05, 0) is 36.8 Å². The van der Waals surface area contributed by atoms with Gasteiger partial charge in [-0.1, -0.05) is 5.16 Å². The number of nitrogens with two attached hydrogens (primary N) is 1. The van der Waals surface area contributed by atoms with Crippen molar-refractivity contribution in [3.8, 4) is 11.5 Å². The van der Waals surface area contributed by atoms with Crippen LogP contribution in [0.1, 0.15) is 23.9 Å². The maximum atomic E-state index is 13.7. The first-order valence-electron chi connectivity index (χ1n) is 5.74. The van der Waals surface area contributed by atoms with E-state index < -0.39 is 5.82 Å². The molecule has 0 radical (unpaired) electrons. The number of hydrogen-bond acceptors (Lipinski definition) is 5. The van der Waals surface area contributed by atoms with Crippen LogP contribution in [0.4, 0.5) is 10.1 Å². The Hall–Kier alpha value is -1.56. The maximum absolute atomic E-state index is 13.7. The molecule has 1 aliphatic rings. The molecular weight excluding hydrogens is 253 g/mol. The summed E-state index contributed by atoms with van der Waals surface area (Å²) in [5.74, 6) is 1.55. The number of nitrogens with zero attached hydrogens (tertiary/aromatic N) is 2. The number of benzene rings is 1. The lowest BCUT2D eigenvalue weighted by Crippen LogP contribution is -1.92.